The normalized spacial score (nSPS) is 21.2. The zero-order chi connectivity index (χ0) is 19.1. The van der Waals surface area contributed by atoms with Gasteiger partial charge in [0.25, 0.3) is 0 Å². The smallest absolute Gasteiger partial charge is 0.235 e. The van der Waals surface area contributed by atoms with Crippen LogP contribution in [-0.4, -0.2) is 36.0 Å². The van der Waals surface area contributed by atoms with Gasteiger partial charge >= 0.3 is 0 Å². The fourth-order valence-corrected chi connectivity index (χ4v) is 4.45. The summed E-state index contributed by atoms with van der Waals surface area (Å²) in [4.78, 5) is 14.7. The number of halogens is 1. The number of rotatable bonds is 5. The second kappa shape index (κ2) is 9.32. The maximum Gasteiger partial charge on any atom is 0.235 e. The first kappa shape index (κ1) is 19.8. The molecule has 1 amide bonds. The van der Waals surface area contributed by atoms with Crippen LogP contribution in [-0.2, 0) is 11.2 Å². The van der Waals surface area contributed by atoms with E-state index in [0.717, 1.165) is 76.4 Å². The number of hydrogen-bond donors (Lipinski definition) is 1. The number of piperidine rings is 1. The fraction of sp³-hybridized carbons (Fsp3) is 0.636. The van der Waals surface area contributed by atoms with Crippen molar-refractivity contribution in [1.29, 1.82) is 5.26 Å². The van der Waals surface area contributed by atoms with Crippen molar-refractivity contribution in [3.05, 3.63) is 35.6 Å². The predicted octanol–water partition coefficient (Wildman–Crippen LogP) is 3.81. The van der Waals surface area contributed by atoms with Crippen molar-refractivity contribution >= 4 is 5.91 Å². The average Bonchev–Trinajstić information content (AvgIpc) is 2.89. The summed E-state index contributed by atoms with van der Waals surface area (Å²) >= 11 is 0. The summed E-state index contributed by atoms with van der Waals surface area (Å²) in [5, 5.41) is 12.7. The molecule has 0 spiro atoms. The molecule has 4 nitrogen and oxygen atoms in total. The molecule has 1 saturated heterocycles. The zero-order valence-corrected chi connectivity index (χ0v) is 16.1. The van der Waals surface area contributed by atoms with Crippen LogP contribution in [0.25, 0.3) is 0 Å². The highest BCUT2D eigenvalue weighted by Gasteiger charge is 2.33. The van der Waals surface area contributed by atoms with Gasteiger partial charge in [-0.2, -0.15) is 5.26 Å². The van der Waals surface area contributed by atoms with Gasteiger partial charge in [-0.3, -0.25) is 9.69 Å². The number of nitriles is 1. The first-order chi connectivity index (χ1) is 13.1. The van der Waals surface area contributed by atoms with Crippen molar-refractivity contribution in [2.24, 2.45) is 5.92 Å². The molecular weight excluding hydrogens is 341 g/mol. The second-order valence-corrected chi connectivity index (χ2v) is 8.21. The van der Waals surface area contributed by atoms with Gasteiger partial charge in [-0.1, -0.05) is 37.8 Å². The van der Waals surface area contributed by atoms with Crippen LogP contribution in [0.1, 0.15) is 56.9 Å². The van der Waals surface area contributed by atoms with Crippen LogP contribution in [0.2, 0.25) is 0 Å². The van der Waals surface area contributed by atoms with E-state index >= 15 is 0 Å². The molecule has 1 N–H and O–H groups in total. The predicted molar refractivity (Wildman–Crippen MR) is 103 cm³/mol. The molecule has 27 heavy (non-hydrogen) atoms. The minimum atomic E-state index is -0.663. The summed E-state index contributed by atoms with van der Waals surface area (Å²) in [6.07, 6.45) is 8.81. The van der Waals surface area contributed by atoms with Crippen LogP contribution in [0.5, 0.6) is 0 Å². The molecule has 1 aromatic carbocycles. The van der Waals surface area contributed by atoms with E-state index < -0.39 is 5.54 Å². The number of benzene rings is 1. The van der Waals surface area contributed by atoms with Crippen LogP contribution >= 0.6 is 0 Å². The maximum atomic E-state index is 13.3. The van der Waals surface area contributed by atoms with Crippen LogP contribution in [0.4, 0.5) is 4.39 Å². The molecule has 5 heteroatoms. The van der Waals surface area contributed by atoms with Gasteiger partial charge in [-0.05, 0) is 68.8 Å². The van der Waals surface area contributed by atoms with Crippen molar-refractivity contribution < 1.29 is 9.18 Å². The van der Waals surface area contributed by atoms with E-state index in [0.29, 0.717) is 12.5 Å². The molecular formula is C22H30FN3O. The van der Waals surface area contributed by atoms with Gasteiger partial charge in [0.1, 0.15) is 11.4 Å². The molecule has 0 aromatic heterocycles. The van der Waals surface area contributed by atoms with Crippen molar-refractivity contribution in [1.82, 2.24) is 10.2 Å². The van der Waals surface area contributed by atoms with Gasteiger partial charge in [-0.15, -0.1) is 0 Å². The fourth-order valence-electron chi connectivity index (χ4n) is 4.45. The molecule has 1 aliphatic carbocycles. The Morgan fingerprint density at radius 1 is 1.22 bits per heavy atom. The van der Waals surface area contributed by atoms with Gasteiger partial charge in [0, 0.05) is 0 Å². The molecule has 3 rings (SSSR count). The molecule has 0 radical (unpaired) electrons. The van der Waals surface area contributed by atoms with E-state index in [1.54, 1.807) is 12.1 Å². The Bertz CT molecular complexity index is 668. The minimum absolute atomic E-state index is 0.0259. The average molecular weight is 372 g/mol. The lowest BCUT2D eigenvalue weighted by Gasteiger charge is -2.33. The molecule has 0 bridgehead atoms. The monoisotopic (exact) mass is 371 g/mol. The molecule has 146 valence electrons. The highest BCUT2D eigenvalue weighted by molar-refractivity contribution is 5.79. The Morgan fingerprint density at radius 3 is 2.56 bits per heavy atom. The number of hydrogen-bond acceptors (Lipinski definition) is 3. The Balaban J connectivity index is 1.44. The molecule has 2 aliphatic rings. The molecule has 1 heterocycles. The first-order valence-electron chi connectivity index (χ1n) is 10.3. The first-order valence-corrected chi connectivity index (χ1v) is 10.3. The van der Waals surface area contributed by atoms with Gasteiger partial charge in [0.15, 0.2) is 0 Å². The summed E-state index contributed by atoms with van der Waals surface area (Å²) in [5.74, 6) is 0.340. The van der Waals surface area contributed by atoms with Crippen LogP contribution in [0.15, 0.2) is 24.3 Å². The van der Waals surface area contributed by atoms with Crippen LogP contribution < -0.4 is 5.32 Å². The highest BCUT2D eigenvalue weighted by Crippen LogP contribution is 2.27. The van der Waals surface area contributed by atoms with Crippen molar-refractivity contribution in [3.63, 3.8) is 0 Å². The number of nitrogens with zero attached hydrogens (tertiary/aromatic N) is 2. The molecule has 0 atom stereocenters. The molecule has 2 fully saturated rings. The topological polar surface area (TPSA) is 56.1 Å². The number of carbonyl (C=O) groups is 1. The van der Waals surface area contributed by atoms with Gasteiger partial charge in [0.2, 0.25) is 5.91 Å². The number of amides is 1. The van der Waals surface area contributed by atoms with E-state index in [4.69, 9.17) is 0 Å². The third-order valence-electron chi connectivity index (χ3n) is 6.04. The standard InChI is InChI=1S/C22H30FN3O/c23-20-7-5-6-19(15-20)14-18-8-12-26(13-9-18)16-21(27)25-22(17-24)10-3-1-2-4-11-22/h5-7,15,18H,1-4,8-14,16H2,(H,25,27). The van der Waals surface area contributed by atoms with Gasteiger partial charge in [-0.25, -0.2) is 4.39 Å². The summed E-state index contributed by atoms with van der Waals surface area (Å²) in [6, 6.07) is 9.23. The van der Waals surface area contributed by atoms with E-state index in [1.807, 2.05) is 6.07 Å². The number of carbonyl (C=O) groups excluding carboxylic acids is 1. The Hall–Kier alpha value is -1.93. The summed E-state index contributed by atoms with van der Waals surface area (Å²) in [7, 11) is 0. The Labute approximate surface area is 161 Å². The third-order valence-corrected chi connectivity index (χ3v) is 6.04. The van der Waals surface area contributed by atoms with Crippen molar-refractivity contribution in [2.75, 3.05) is 19.6 Å². The maximum absolute atomic E-state index is 13.3. The van der Waals surface area contributed by atoms with E-state index in [2.05, 4.69) is 16.3 Å². The molecule has 1 aromatic rings. The zero-order valence-electron chi connectivity index (χ0n) is 16.1. The molecule has 1 aliphatic heterocycles. The van der Waals surface area contributed by atoms with Gasteiger partial charge in [0.05, 0.1) is 12.6 Å². The molecule has 1 saturated carbocycles. The SMILES string of the molecule is N#CC1(NC(=O)CN2CCC(Cc3cccc(F)c3)CC2)CCCCCC1. The second-order valence-electron chi connectivity index (χ2n) is 8.21. The lowest BCUT2D eigenvalue weighted by molar-refractivity contribution is -0.124. The quantitative estimate of drug-likeness (QED) is 0.801. The summed E-state index contributed by atoms with van der Waals surface area (Å²) in [5.41, 5.74) is 0.388. The largest absolute Gasteiger partial charge is 0.337 e. The van der Waals surface area contributed by atoms with Gasteiger partial charge < -0.3 is 5.32 Å². The number of nitrogens with one attached hydrogen (secondary N) is 1. The summed E-state index contributed by atoms with van der Waals surface area (Å²) < 4.78 is 13.3. The lowest BCUT2D eigenvalue weighted by Crippen LogP contribution is -2.51. The minimum Gasteiger partial charge on any atom is -0.337 e. The Morgan fingerprint density at radius 2 is 1.93 bits per heavy atom. The van der Waals surface area contributed by atoms with Crippen molar-refractivity contribution in [3.8, 4) is 6.07 Å². The Kier molecular flexibility index (Phi) is 6.84. The third kappa shape index (κ3) is 5.77. The lowest BCUT2D eigenvalue weighted by atomic mass is 9.90. The summed E-state index contributed by atoms with van der Waals surface area (Å²) in [6.45, 7) is 2.13. The molecule has 0 unspecified atom stereocenters. The van der Waals surface area contributed by atoms with E-state index in [-0.39, 0.29) is 11.7 Å². The van der Waals surface area contributed by atoms with E-state index in [1.165, 1.54) is 6.07 Å². The van der Waals surface area contributed by atoms with E-state index in [9.17, 15) is 14.4 Å². The van der Waals surface area contributed by atoms with Crippen molar-refractivity contribution in [2.45, 2.75) is 63.3 Å². The highest BCUT2D eigenvalue weighted by atomic mass is 19.1. The number of likely N-dealkylation sites (tertiary alicyclic amines) is 1. The van der Waals surface area contributed by atoms with Crippen LogP contribution in [0, 0.1) is 23.1 Å². The van der Waals surface area contributed by atoms with Crippen LogP contribution in [0.3, 0.4) is 0 Å².